The minimum atomic E-state index is -1.26. The first-order valence-corrected chi connectivity index (χ1v) is 5.01. The highest BCUT2D eigenvalue weighted by molar-refractivity contribution is 5.68. The Morgan fingerprint density at radius 1 is 1.44 bits per heavy atom. The highest BCUT2D eigenvalue weighted by Crippen LogP contribution is 2.24. The van der Waals surface area contributed by atoms with Gasteiger partial charge in [0.2, 0.25) is 0 Å². The summed E-state index contributed by atoms with van der Waals surface area (Å²) in [5.74, 6) is -0.354. The van der Waals surface area contributed by atoms with Crippen LogP contribution in [-0.2, 0) is 11.2 Å². The number of methoxy groups -OCH3 is 1. The van der Waals surface area contributed by atoms with Gasteiger partial charge in [0.15, 0.2) is 0 Å². The van der Waals surface area contributed by atoms with E-state index >= 15 is 0 Å². The minimum Gasteiger partial charge on any atom is -0.496 e. The van der Waals surface area contributed by atoms with Crippen LogP contribution in [0.15, 0.2) is 24.3 Å². The average molecular weight is 224 g/mol. The lowest BCUT2D eigenvalue weighted by Gasteiger charge is -2.22. The molecule has 0 heterocycles. The molecule has 1 aromatic carbocycles. The largest absolute Gasteiger partial charge is 0.496 e. The SMILES string of the molecule is COc1ccccc1CC(C)(O)CC(=O)O. The summed E-state index contributed by atoms with van der Waals surface area (Å²) in [6.07, 6.45) is -0.0334. The van der Waals surface area contributed by atoms with Gasteiger partial charge in [-0.1, -0.05) is 18.2 Å². The van der Waals surface area contributed by atoms with E-state index in [2.05, 4.69) is 0 Å². The van der Waals surface area contributed by atoms with Crippen molar-refractivity contribution in [1.82, 2.24) is 0 Å². The van der Waals surface area contributed by atoms with Crippen LogP contribution in [0.5, 0.6) is 5.75 Å². The molecule has 16 heavy (non-hydrogen) atoms. The molecule has 0 amide bonds. The fourth-order valence-corrected chi connectivity index (χ4v) is 1.65. The number of hydrogen-bond donors (Lipinski definition) is 2. The Morgan fingerprint density at radius 3 is 2.62 bits per heavy atom. The summed E-state index contributed by atoms with van der Waals surface area (Å²) in [6, 6.07) is 7.25. The smallest absolute Gasteiger partial charge is 0.306 e. The zero-order valence-corrected chi connectivity index (χ0v) is 9.43. The van der Waals surface area contributed by atoms with Crippen molar-refractivity contribution in [2.24, 2.45) is 0 Å². The number of carboxylic acids is 1. The van der Waals surface area contributed by atoms with Crippen LogP contribution in [0.1, 0.15) is 18.9 Å². The first-order valence-electron chi connectivity index (χ1n) is 5.01. The van der Waals surface area contributed by atoms with Gasteiger partial charge in [-0.2, -0.15) is 0 Å². The number of hydrogen-bond acceptors (Lipinski definition) is 3. The number of ether oxygens (including phenoxy) is 1. The molecule has 0 radical (unpaired) electrons. The van der Waals surface area contributed by atoms with Gasteiger partial charge in [0.05, 0.1) is 19.1 Å². The molecule has 2 N–H and O–H groups in total. The summed E-state index contributed by atoms with van der Waals surface area (Å²) in [6.45, 7) is 1.51. The summed E-state index contributed by atoms with van der Waals surface area (Å²) >= 11 is 0. The monoisotopic (exact) mass is 224 g/mol. The Kier molecular flexibility index (Phi) is 3.90. The summed E-state index contributed by atoms with van der Waals surface area (Å²) < 4.78 is 5.14. The number of aliphatic hydroxyl groups is 1. The van der Waals surface area contributed by atoms with Crippen molar-refractivity contribution < 1.29 is 19.7 Å². The molecule has 0 spiro atoms. The van der Waals surface area contributed by atoms with Crippen molar-refractivity contribution in [3.8, 4) is 5.75 Å². The van der Waals surface area contributed by atoms with E-state index in [4.69, 9.17) is 9.84 Å². The zero-order valence-electron chi connectivity index (χ0n) is 9.43. The molecule has 88 valence electrons. The van der Waals surface area contributed by atoms with Crippen LogP contribution < -0.4 is 4.74 Å². The number of para-hydroxylation sites is 1. The van der Waals surface area contributed by atoms with E-state index in [0.717, 1.165) is 5.56 Å². The van der Waals surface area contributed by atoms with Gasteiger partial charge in [-0.05, 0) is 18.6 Å². The minimum absolute atomic E-state index is 0.253. The Bertz CT molecular complexity index is 371. The molecule has 0 saturated carbocycles. The number of carbonyl (C=O) groups is 1. The van der Waals surface area contributed by atoms with E-state index in [1.54, 1.807) is 13.2 Å². The Balaban J connectivity index is 2.82. The maximum absolute atomic E-state index is 10.6. The lowest BCUT2D eigenvalue weighted by molar-refractivity contribution is -0.141. The lowest BCUT2D eigenvalue weighted by Crippen LogP contribution is -2.30. The molecule has 1 atom stereocenters. The maximum atomic E-state index is 10.6. The Morgan fingerprint density at radius 2 is 2.06 bits per heavy atom. The van der Waals surface area contributed by atoms with E-state index in [1.165, 1.54) is 6.92 Å². The molecule has 0 aliphatic rings. The highest BCUT2D eigenvalue weighted by Gasteiger charge is 2.25. The van der Waals surface area contributed by atoms with Gasteiger partial charge in [-0.25, -0.2) is 0 Å². The van der Waals surface area contributed by atoms with Crippen LogP contribution in [0.3, 0.4) is 0 Å². The van der Waals surface area contributed by atoms with Crippen LogP contribution in [0, 0.1) is 0 Å². The molecule has 0 fully saturated rings. The quantitative estimate of drug-likeness (QED) is 0.794. The molecule has 1 rings (SSSR count). The predicted octanol–water partition coefficient (Wildman–Crippen LogP) is 1.46. The molecule has 0 saturated heterocycles. The molecule has 0 aliphatic carbocycles. The number of benzene rings is 1. The first-order chi connectivity index (χ1) is 7.44. The van der Waals surface area contributed by atoms with Crippen LogP contribution in [-0.4, -0.2) is 28.9 Å². The van der Waals surface area contributed by atoms with E-state index in [9.17, 15) is 9.90 Å². The topological polar surface area (TPSA) is 66.8 Å². The van der Waals surface area contributed by atoms with Crippen molar-refractivity contribution in [1.29, 1.82) is 0 Å². The van der Waals surface area contributed by atoms with Crippen LogP contribution in [0.4, 0.5) is 0 Å². The van der Waals surface area contributed by atoms with Gasteiger partial charge in [-0.15, -0.1) is 0 Å². The van der Waals surface area contributed by atoms with Gasteiger partial charge < -0.3 is 14.9 Å². The van der Waals surface area contributed by atoms with Crippen molar-refractivity contribution in [3.05, 3.63) is 29.8 Å². The van der Waals surface area contributed by atoms with Gasteiger partial charge in [0.1, 0.15) is 5.75 Å². The van der Waals surface area contributed by atoms with Gasteiger partial charge in [0, 0.05) is 6.42 Å². The number of carboxylic acid groups (broad SMARTS) is 1. The van der Waals surface area contributed by atoms with Crippen molar-refractivity contribution in [2.45, 2.75) is 25.4 Å². The van der Waals surface area contributed by atoms with Gasteiger partial charge in [-0.3, -0.25) is 4.79 Å². The zero-order chi connectivity index (χ0) is 12.2. The second-order valence-electron chi connectivity index (χ2n) is 4.06. The van der Waals surface area contributed by atoms with Crippen molar-refractivity contribution >= 4 is 5.97 Å². The molecule has 1 unspecified atom stereocenters. The van der Waals surface area contributed by atoms with Crippen molar-refractivity contribution in [3.63, 3.8) is 0 Å². The summed E-state index contributed by atoms with van der Waals surface area (Å²) in [4.78, 5) is 10.6. The van der Waals surface area contributed by atoms with Crippen molar-refractivity contribution in [2.75, 3.05) is 7.11 Å². The second kappa shape index (κ2) is 4.99. The molecule has 1 aromatic rings. The van der Waals surface area contributed by atoms with Gasteiger partial charge >= 0.3 is 5.97 Å². The third kappa shape index (κ3) is 3.55. The molecule has 4 heteroatoms. The lowest BCUT2D eigenvalue weighted by atomic mass is 9.93. The summed E-state index contributed by atoms with van der Waals surface area (Å²) in [5.41, 5.74) is -0.461. The van der Waals surface area contributed by atoms with Gasteiger partial charge in [0.25, 0.3) is 0 Å². The summed E-state index contributed by atoms with van der Waals surface area (Å²) in [7, 11) is 1.55. The summed E-state index contributed by atoms with van der Waals surface area (Å²) in [5, 5.41) is 18.6. The van der Waals surface area contributed by atoms with E-state index in [0.29, 0.717) is 5.75 Å². The van der Waals surface area contributed by atoms with Crippen LogP contribution in [0.2, 0.25) is 0 Å². The third-order valence-electron chi connectivity index (χ3n) is 2.30. The highest BCUT2D eigenvalue weighted by atomic mass is 16.5. The van der Waals surface area contributed by atoms with E-state index in [-0.39, 0.29) is 12.8 Å². The molecule has 0 aliphatic heterocycles. The maximum Gasteiger partial charge on any atom is 0.306 e. The van der Waals surface area contributed by atoms with Crippen LogP contribution in [0.25, 0.3) is 0 Å². The molecular formula is C12H16O4. The fourth-order valence-electron chi connectivity index (χ4n) is 1.65. The number of rotatable bonds is 5. The average Bonchev–Trinajstić information content (AvgIpc) is 2.15. The third-order valence-corrected chi connectivity index (χ3v) is 2.30. The molecular weight excluding hydrogens is 208 g/mol. The second-order valence-corrected chi connectivity index (χ2v) is 4.06. The van der Waals surface area contributed by atoms with E-state index in [1.807, 2.05) is 18.2 Å². The fraction of sp³-hybridized carbons (Fsp3) is 0.417. The Hall–Kier alpha value is -1.55. The number of aliphatic carboxylic acids is 1. The molecule has 0 bridgehead atoms. The Labute approximate surface area is 94.5 Å². The first kappa shape index (κ1) is 12.5. The molecule has 4 nitrogen and oxygen atoms in total. The normalized spacial score (nSPS) is 14.2. The van der Waals surface area contributed by atoms with E-state index < -0.39 is 11.6 Å². The molecule has 0 aromatic heterocycles. The standard InChI is InChI=1S/C12H16O4/c1-12(15,8-11(13)14)7-9-5-3-4-6-10(9)16-2/h3-6,15H,7-8H2,1-2H3,(H,13,14). The van der Waals surface area contributed by atoms with Crippen LogP contribution >= 0.6 is 0 Å². The predicted molar refractivity (Wildman–Crippen MR) is 59.6 cm³/mol.